The molecule has 21 heavy (non-hydrogen) atoms. The number of allylic oxidation sites excluding steroid dienone is 1. The SMILES string of the molecule is CCCCCCCCCCCCCCCC=COC(C)=O. The van der Waals surface area contributed by atoms with Crippen LogP contribution in [0.3, 0.4) is 0 Å². The second kappa shape index (κ2) is 17.3. The van der Waals surface area contributed by atoms with Crippen LogP contribution < -0.4 is 0 Å². The van der Waals surface area contributed by atoms with E-state index in [4.69, 9.17) is 4.74 Å². The summed E-state index contributed by atoms with van der Waals surface area (Å²) in [5, 5.41) is 0. The summed E-state index contributed by atoms with van der Waals surface area (Å²) in [6.45, 7) is 3.70. The fourth-order valence-corrected chi connectivity index (χ4v) is 2.49. The molecule has 0 aromatic carbocycles. The molecule has 0 rings (SSSR count). The summed E-state index contributed by atoms with van der Waals surface area (Å²) in [7, 11) is 0. The largest absolute Gasteiger partial charge is 0.435 e. The van der Waals surface area contributed by atoms with Crippen molar-refractivity contribution in [1.82, 2.24) is 0 Å². The predicted octanol–water partition coefficient (Wildman–Crippen LogP) is 6.54. The third kappa shape index (κ3) is 19.2. The Labute approximate surface area is 132 Å². The van der Waals surface area contributed by atoms with Gasteiger partial charge in [-0.15, -0.1) is 0 Å². The third-order valence-corrected chi connectivity index (χ3v) is 3.80. The summed E-state index contributed by atoms with van der Waals surface area (Å²) >= 11 is 0. The smallest absolute Gasteiger partial charge is 0.307 e. The number of hydrogen-bond acceptors (Lipinski definition) is 2. The molecule has 0 aromatic heterocycles. The van der Waals surface area contributed by atoms with Gasteiger partial charge in [0.15, 0.2) is 0 Å². The molecule has 0 saturated heterocycles. The predicted molar refractivity (Wildman–Crippen MR) is 91.2 cm³/mol. The number of carbonyl (C=O) groups is 1. The van der Waals surface area contributed by atoms with Gasteiger partial charge in [0.25, 0.3) is 0 Å². The molecular weight excluding hydrogens is 260 g/mol. The van der Waals surface area contributed by atoms with Crippen molar-refractivity contribution in [3.63, 3.8) is 0 Å². The van der Waals surface area contributed by atoms with E-state index in [0.29, 0.717) is 0 Å². The number of esters is 1. The fraction of sp³-hybridized carbons (Fsp3) is 0.842. The zero-order valence-electron chi connectivity index (χ0n) is 14.4. The van der Waals surface area contributed by atoms with Crippen LogP contribution in [0.2, 0.25) is 0 Å². The molecule has 0 fully saturated rings. The molecule has 0 N–H and O–H groups in total. The minimum atomic E-state index is -0.239. The van der Waals surface area contributed by atoms with Crippen LogP contribution in [0, 0.1) is 0 Å². The first-order valence-corrected chi connectivity index (χ1v) is 9.09. The highest BCUT2D eigenvalue weighted by atomic mass is 16.5. The highest BCUT2D eigenvalue weighted by Crippen LogP contribution is 2.12. The summed E-state index contributed by atoms with van der Waals surface area (Å²) in [4.78, 5) is 10.5. The Kier molecular flexibility index (Phi) is 16.6. The number of ether oxygens (including phenoxy) is 1. The monoisotopic (exact) mass is 296 g/mol. The Morgan fingerprint density at radius 1 is 0.762 bits per heavy atom. The molecule has 0 amide bonds. The van der Waals surface area contributed by atoms with Crippen molar-refractivity contribution in [2.75, 3.05) is 0 Å². The van der Waals surface area contributed by atoms with Gasteiger partial charge in [-0.3, -0.25) is 4.79 Å². The zero-order valence-corrected chi connectivity index (χ0v) is 14.4. The van der Waals surface area contributed by atoms with Crippen molar-refractivity contribution in [3.05, 3.63) is 12.3 Å². The molecule has 0 radical (unpaired) electrons. The van der Waals surface area contributed by atoms with Crippen LogP contribution in [0.25, 0.3) is 0 Å². The molecule has 0 unspecified atom stereocenters. The molecule has 0 atom stereocenters. The second-order valence-corrected chi connectivity index (χ2v) is 6.01. The molecule has 0 aliphatic heterocycles. The molecule has 0 spiro atoms. The average Bonchev–Trinajstić information content (AvgIpc) is 2.46. The van der Waals surface area contributed by atoms with Crippen molar-refractivity contribution in [3.8, 4) is 0 Å². The first-order chi connectivity index (χ1) is 10.3. The van der Waals surface area contributed by atoms with Crippen LogP contribution in [0.1, 0.15) is 104 Å². The number of unbranched alkanes of at least 4 members (excludes halogenated alkanes) is 13. The number of carbonyl (C=O) groups excluding carboxylic acids is 1. The first-order valence-electron chi connectivity index (χ1n) is 9.09. The lowest BCUT2D eigenvalue weighted by Crippen LogP contribution is -1.89. The maximum atomic E-state index is 10.5. The molecular formula is C19H36O2. The van der Waals surface area contributed by atoms with Gasteiger partial charge in [0.1, 0.15) is 0 Å². The van der Waals surface area contributed by atoms with E-state index < -0.39 is 0 Å². The standard InChI is InChI=1S/C19H36O2/c1-3-4-5-6-7-8-9-10-11-12-13-14-15-16-17-18-21-19(2)20/h17-18H,3-16H2,1-2H3. The van der Waals surface area contributed by atoms with Gasteiger partial charge in [0.2, 0.25) is 0 Å². The van der Waals surface area contributed by atoms with Gasteiger partial charge in [-0.25, -0.2) is 0 Å². The second-order valence-electron chi connectivity index (χ2n) is 6.01. The van der Waals surface area contributed by atoms with Crippen LogP contribution in [0.15, 0.2) is 12.3 Å². The number of rotatable bonds is 15. The topological polar surface area (TPSA) is 26.3 Å². The van der Waals surface area contributed by atoms with E-state index in [1.165, 1.54) is 96.7 Å². The lowest BCUT2D eigenvalue weighted by molar-refractivity contribution is -0.135. The minimum Gasteiger partial charge on any atom is -0.435 e. The van der Waals surface area contributed by atoms with E-state index in [-0.39, 0.29) is 5.97 Å². The molecule has 0 heterocycles. The molecule has 124 valence electrons. The van der Waals surface area contributed by atoms with Gasteiger partial charge in [0.05, 0.1) is 6.26 Å². The van der Waals surface area contributed by atoms with Crippen LogP contribution in [0.4, 0.5) is 0 Å². The van der Waals surface area contributed by atoms with Gasteiger partial charge < -0.3 is 4.74 Å². The lowest BCUT2D eigenvalue weighted by Gasteiger charge is -2.02. The number of hydrogen-bond donors (Lipinski definition) is 0. The Hall–Kier alpha value is -0.790. The van der Waals surface area contributed by atoms with E-state index in [0.717, 1.165) is 6.42 Å². The maximum absolute atomic E-state index is 10.5. The van der Waals surface area contributed by atoms with Gasteiger partial charge in [-0.1, -0.05) is 84.0 Å². The summed E-state index contributed by atoms with van der Waals surface area (Å²) in [5.74, 6) is -0.239. The molecule has 2 heteroatoms. The van der Waals surface area contributed by atoms with Crippen molar-refractivity contribution < 1.29 is 9.53 Å². The lowest BCUT2D eigenvalue weighted by atomic mass is 10.0. The van der Waals surface area contributed by atoms with Crippen molar-refractivity contribution >= 4 is 5.97 Å². The molecule has 0 aliphatic rings. The molecule has 0 saturated carbocycles. The van der Waals surface area contributed by atoms with E-state index in [2.05, 4.69) is 6.92 Å². The molecule has 2 nitrogen and oxygen atoms in total. The van der Waals surface area contributed by atoms with E-state index in [1.54, 1.807) is 0 Å². The van der Waals surface area contributed by atoms with Gasteiger partial charge in [0, 0.05) is 6.92 Å². The van der Waals surface area contributed by atoms with E-state index in [1.807, 2.05) is 6.08 Å². The quantitative estimate of drug-likeness (QED) is 0.195. The normalized spacial score (nSPS) is 11.1. The first kappa shape index (κ1) is 20.2. The van der Waals surface area contributed by atoms with Crippen LogP contribution >= 0.6 is 0 Å². The fourth-order valence-electron chi connectivity index (χ4n) is 2.49. The van der Waals surface area contributed by atoms with E-state index in [9.17, 15) is 4.79 Å². The summed E-state index contributed by atoms with van der Waals surface area (Å²) in [6.07, 6.45) is 22.5. The third-order valence-electron chi connectivity index (χ3n) is 3.80. The Morgan fingerprint density at radius 3 is 1.62 bits per heavy atom. The Morgan fingerprint density at radius 2 is 1.19 bits per heavy atom. The van der Waals surface area contributed by atoms with Gasteiger partial charge >= 0.3 is 5.97 Å². The Bertz CT molecular complexity index is 246. The summed E-state index contributed by atoms with van der Waals surface area (Å²) < 4.78 is 4.74. The average molecular weight is 296 g/mol. The maximum Gasteiger partial charge on any atom is 0.307 e. The summed E-state index contributed by atoms with van der Waals surface area (Å²) in [6, 6.07) is 0. The van der Waals surface area contributed by atoms with E-state index >= 15 is 0 Å². The highest BCUT2D eigenvalue weighted by molar-refractivity contribution is 5.66. The van der Waals surface area contributed by atoms with Gasteiger partial charge in [-0.05, 0) is 18.9 Å². The Balaban J connectivity index is 3.02. The van der Waals surface area contributed by atoms with Crippen LogP contribution in [0.5, 0.6) is 0 Å². The van der Waals surface area contributed by atoms with Crippen molar-refractivity contribution in [1.29, 1.82) is 0 Å². The van der Waals surface area contributed by atoms with Crippen LogP contribution in [-0.2, 0) is 9.53 Å². The van der Waals surface area contributed by atoms with Crippen LogP contribution in [-0.4, -0.2) is 5.97 Å². The van der Waals surface area contributed by atoms with Crippen molar-refractivity contribution in [2.24, 2.45) is 0 Å². The molecule has 0 aromatic rings. The van der Waals surface area contributed by atoms with Gasteiger partial charge in [-0.2, -0.15) is 0 Å². The summed E-state index contributed by atoms with van der Waals surface area (Å²) in [5.41, 5.74) is 0. The van der Waals surface area contributed by atoms with Crippen molar-refractivity contribution in [2.45, 2.75) is 104 Å². The molecule has 0 aliphatic carbocycles. The minimum absolute atomic E-state index is 0.239. The highest BCUT2D eigenvalue weighted by Gasteiger charge is 1.93. The molecule has 0 bridgehead atoms. The zero-order chi connectivity index (χ0) is 15.6.